The molecule has 0 unspecified atom stereocenters. The molecule has 0 radical (unpaired) electrons. The Bertz CT molecular complexity index is 1370. The summed E-state index contributed by atoms with van der Waals surface area (Å²) in [6.07, 6.45) is 1.66. The number of anilines is 1. The van der Waals surface area contributed by atoms with E-state index in [1.54, 1.807) is 23.4 Å². The number of Topliss-reactive ketones (excluding diaryl/α,β-unsaturated/α-hetero) is 1. The van der Waals surface area contributed by atoms with Crippen LogP contribution in [0.1, 0.15) is 33.1 Å². The first kappa shape index (κ1) is 20.5. The van der Waals surface area contributed by atoms with Crippen LogP contribution in [0.15, 0.2) is 77.9 Å². The molecule has 2 fully saturated rings. The van der Waals surface area contributed by atoms with Gasteiger partial charge in [0.15, 0.2) is 5.78 Å². The van der Waals surface area contributed by atoms with Gasteiger partial charge in [-0.3, -0.25) is 19.4 Å². The Morgan fingerprint density at radius 3 is 2.29 bits per heavy atom. The quantitative estimate of drug-likeness (QED) is 0.446. The molecule has 0 saturated carbocycles. The van der Waals surface area contributed by atoms with Crippen molar-refractivity contribution in [3.05, 3.63) is 101 Å². The van der Waals surface area contributed by atoms with Gasteiger partial charge in [0.05, 0.1) is 29.8 Å². The van der Waals surface area contributed by atoms with Crippen LogP contribution >= 0.6 is 0 Å². The Morgan fingerprint density at radius 2 is 1.56 bits per heavy atom. The highest BCUT2D eigenvalue weighted by Gasteiger charge is 2.65. The maximum atomic E-state index is 13.8. The van der Waals surface area contributed by atoms with E-state index in [4.69, 9.17) is 0 Å². The second-order valence-corrected chi connectivity index (χ2v) is 8.91. The lowest BCUT2D eigenvalue weighted by atomic mass is 9.83. The lowest BCUT2D eigenvalue weighted by Gasteiger charge is -2.33. The molecule has 3 aromatic carbocycles. The Kier molecular flexibility index (Phi) is 4.49. The smallest absolute Gasteiger partial charge is 0.240 e. The van der Waals surface area contributed by atoms with Crippen molar-refractivity contribution in [3.63, 3.8) is 0 Å². The van der Waals surface area contributed by atoms with Gasteiger partial charge in [-0.05, 0) is 54.4 Å². The number of amides is 2. The molecular weight excluding hydrogens is 433 g/mol. The van der Waals surface area contributed by atoms with Gasteiger partial charge in [0, 0.05) is 5.56 Å². The van der Waals surface area contributed by atoms with Gasteiger partial charge in [0.2, 0.25) is 11.8 Å². The first-order valence-corrected chi connectivity index (χ1v) is 11.1. The van der Waals surface area contributed by atoms with Crippen molar-refractivity contribution in [1.82, 2.24) is 5.01 Å². The van der Waals surface area contributed by atoms with Crippen LogP contribution in [-0.4, -0.2) is 34.9 Å². The summed E-state index contributed by atoms with van der Waals surface area (Å²) in [5, 5.41) is 6.13. The molecule has 4 atom stereocenters. The molecule has 0 N–H and O–H groups in total. The summed E-state index contributed by atoms with van der Waals surface area (Å²) in [7, 11) is 0. The molecule has 6 rings (SSSR count). The number of rotatable bonds is 3. The van der Waals surface area contributed by atoms with Crippen LogP contribution in [0.5, 0.6) is 0 Å². The molecule has 0 aliphatic carbocycles. The third-order valence-electron chi connectivity index (χ3n) is 6.98. The molecule has 6 nitrogen and oxygen atoms in total. The van der Waals surface area contributed by atoms with E-state index in [1.165, 1.54) is 29.2 Å². The van der Waals surface area contributed by atoms with Gasteiger partial charge in [-0.25, -0.2) is 9.29 Å². The van der Waals surface area contributed by atoms with Gasteiger partial charge in [0.1, 0.15) is 11.9 Å². The average molecular weight is 453 g/mol. The van der Waals surface area contributed by atoms with E-state index in [1.807, 2.05) is 43.3 Å². The van der Waals surface area contributed by atoms with Crippen molar-refractivity contribution in [2.45, 2.75) is 19.0 Å². The highest BCUT2D eigenvalue weighted by atomic mass is 19.1. The van der Waals surface area contributed by atoms with E-state index in [0.717, 1.165) is 16.7 Å². The summed E-state index contributed by atoms with van der Waals surface area (Å²) < 4.78 is 13.5. The monoisotopic (exact) mass is 453 g/mol. The predicted octanol–water partition coefficient (Wildman–Crippen LogP) is 3.90. The lowest BCUT2D eigenvalue weighted by molar-refractivity contribution is -0.124. The van der Waals surface area contributed by atoms with Crippen LogP contribution in [0.2, 0.25) is 0 Å². The third-order valence-corrected chi connectivity index (χ3v) is 6.98. The minimum Gasteiger partial charge on any atom is -0.292 e. The summed E-state index contributed by atoms with van der Waals surface area (Å²) in [6, 6.07) is 18.5. The third kappa shape index (κ3) is 2.86. The zero-order valence-electron chi connectivity index (χ0n) is 18.3. The second kappa shape index (κ2) is 7.45. The highest BCUT2D eigenvalue weighted by Crippen LogP contribution is 2.53. The SMILES string of the molecule is Cc1ccc(N2C(=O)[C@@H]3[C@H](C2=O)[C@H]2c4ccccc4C=NN2[C@@H]3C(=O)c2ccc(F)cc2)cc1. The topological polar surface area (TPSA) is 70.1 Å². The molecule has 168 valence electrons. The molecule has 7 heteroatoms. The number of carbonyl (C=O) groups is 3. The number of fused-ring (bicyclic) bond motifs is 5. The van der Waals surface area contributed by atoms with Crippen molar-refractivity contribution in [1.29, 1.82) is 0 Å². The van der Waals surface area contributed by atoms with Crippen LogP contribution in [0.25, 0.3) is 0 Å². The number of hydrogen-bond acceptors (Lipinski definition) is 5. The van der Waals surface area contributed by atoms with Crippen LogP contribution in [0, 0.1) is 24.6 Å². The number of imide groups is 1. The number of aryl methyl sites for hydroxylation is 1. The number of ketones is 1. The molecule has 3 aromatic rings. The Labute approximate surface area is 195 Å². The normalized spacial score (nSPS) is 24.8. The molecule has 3 aliphatic heterocycles. The molecule has 0 aromatic heterocycles. The molecule has 34 heavy (non-hydrogen) atoms. The Balaban J connectivity index is 1.49. The van der Waals surface area contributed by atoms with Gasteiger partial charge in [0.25, 0.3) is 0 Å². The summed E-state index contributed by atoms with van der Waals surface area (Å²) in [4.78, 5) is 42.4. The maximum Gasteiger partial charge on any atom is 0.240 e. The molecule has 3 heterocycles. The molecule has 0 spiro atoms. The summed E-state index contributed by atoms with van der Waals surface area (Å²) in [6.45, 7) is 1.93. The Hall–Kier alpha value is -4.13. The number of hydrogen-bond donors (Lipinski definition) is 0. The fourth-order valence-corrected chi connectivity index (χ4v) is 5.40. The van der Waals surface area contributed by atoms with Crippen LogP contribution in [-0.2, 0) is 9.59 Å². The molecule has 0 bridgehead atoms. The molecule has 2 saturated heterocycles. The van der Waals surface area contributed by atoms with E-state index in [2.05, 4.69) is 5.10 Å². The van der Waals surface area contributed by atoms with Crippen LogP contribution < -0.4 is 4.90 Å². The van der Waals surface area contributed by atoms with Crippen molar-refractivity contribution in [2.75, 3.05) is 4.90 Å². The minimum absolute atomic E-state index is 0.272. The number of halogens is 1. The number of carbonyl (C=O) groups excluding carboxylic acids is 3. The van der Waals surface area contributed by atoms with E-state index in [0.29, 0.717) is 5.69 Å². The largest absolute Gasteiger partial charge is 0.292 e. The number of nitrogens with zero attached hydrogens (tertiary/aromatic N) is 3. The second-order valence-electron chi connectivity index (χ2n) is 8.91. The maximum absolute atomic E-state index is 13.8. The first-order chi connectivity index (χ1) is 16.5. The highest BCUT2D eigenvalue weighted by molar-refractivity contribution is 6.24. The summed E-state index contributed by atoms with van der Waals surface area (Å²) in [5.41, 5.74) is 3.48. The average Bonchev–Trinajstić information content (AvgIpc) is 3.32. The van der Waals surface area contributed by atoms with E-state index >= 15 is 0 Å². The zero-order chi connectivity index (χ0) is 23.6. The number of benzene rings is 3. The van der Waals surface area contributed by atoms with Gasteiger partial charge >= 0.3 is 0 Å². The van der Waals surface area contributed by atoms with Gasteiger partial charge in [-0.2, -0.15) is 5.10 Å². The fourth-order valence-electron chi connectivity index (χ4n) is 5.40. The van der Waals surface area contributed by atoms with Gasteiger partial charge < -0.3 is 0 Å². The Morgan fingerprint density at radius 1 is 0.882 bits per heavy atom. The molecule has 3 aliphatic rings. The molecule has 2 amide bonds. The van der Waals surface area contributed by atoms with Crippen molar-refractivity contribution < 1.29 is 18.8 Å². The van der Waals surface area contributed by atoms with Gasteiger partial charge in [-0.1, -0.05) is 42.0 Å². The fraction of sp³-hybridized carbons (Fsp3) is 0.185. The van der Waals surface area contributed by atoms with E-state index in [9.17, 15) is 18.8 Å². The summed E-state index contributed by atoms with van der Waals surface area (Å²) >= 11 is 0. The lowest BCUT2D eigenvalue weighted by Crippen LogP contribution is -2.44. The zero-order valence-corrected chi connectivity index (χ0v) is 18.3. The first-order valence-electron chi connectivity index (χ1n) is 11.1. The summed E-state index contributed by atoms with van der Waals surface area (Å²) in [5.74, 6) is -3.24. The van der Waals surface area contributed by atoms with Crippen molar-refractivity contribution in [2.24, 2.45) is 16.9 Å². The van der Waals surface area contributed by atoms with Crippen molar-refractivity contribution in [3.8, 4) is 0 Å². The van der Waals surface area contributed by atoms with Gasteiger partial charge in [-0.15, -0.1) is 0 Å². The molecular formula is C27H20FN3O3. The van der Waals surface area contributed by atoms with E-state index in [-0.39, 0.29) is 17.3 Å². The minimum atomic E-state index is -0.975. The van der Waals surface area contributed by atoms with Crippen LogP contribution in [0.3, 0.4) is 0 Å². The van der Waals surface area contributed by atoms with E-state index < -0.39 is 35.6 Å². The standard InChI is InChI=1S/C27H20FN3O3/c1-15-6-12-19(13-7-15)30-26(33)21-22(27(30)34)24(25(32)16-8-10-18(28)11-9-16)31-23(21)20-5-3-2-4-17(20)14-29-31/h2-14,21-24H,1H3/t21-,22+,23+,24-/m0/s1. The van der Waals surface area contributed by atoms with Crippen LogP contribution in [0.4, 0.5) is 10.1 Å². The number of hydrazone groups is 1. The van der Waals surface area contributed by atoms with Crippen molar-refractivity contribution >= 4 is 29.5 Å². The predicted molar refractivity (Wildman–Crippen MR) is 124 cm³/mol.